The van der Waals surface area contributed by atoms with Crippen LogP contribution < -0.4 is 5.32 Å². The van der Waals surface area contributed by atoms with E-state index in [1.807, 2.05) is 0 Å². The van der Waals surface area contributed by atoms with Crippen molar-refractivity contribution in [3.8, 4) is 0 Å². The predicted octanol–water partition coefficient (Wildman–Crippen LogP) is 4.03. The minimum absolute atomic E-state index is 0.0307. The Labute approximate surface area is 167 Å². The van der Waals surface area contributed by atoms with E-state index >= 15 is 0 Å². The summed E-state index contributed by atoms with van der Waals surface area (Å²) in [6.45, 7) is 2.15. The number of hydrogen-bond acceptors (Lipinski definition) is 3. The maximum Gasteiger partial charge on any atom is 0.318 e. The Balaban J connectivity index is 2.31. The minimum atomic E-state index is -3.40. The van der Waals surface area contributed by atoms with E-state index in [9.17, 15) is 30.8 Å². The smallest absolute Gasteiger partial charge is 0.318 e. The average Bonchev–Trinajstić information content (AvgIpc) is 2.58. The topological polar surface area (TPSA) is 66.5 Å². The van der Waals surface area contributed by atoms with Gasteiger partial charge in [-0.15, -0.1) is 0 Å². The van der Waals surface area contributed by atoms with Crippen molar-refractivity contribution in [2.45, 2.75) is 44.7 Å². The number of carbonyl (C=O) groups is 1. The fraction of sp³-hybridized carbons (Fsp3) is 0.526. The molecule has 1 unspecified atom stereocenters. The molecule has 2 amide bonds. The van der Waals surface area contributed by atoms with Gasteiger partial charge in [0.1, 0.15) is 11.6 Å². The van der Waals surface area contributed by atoms with Crippen LogP contribution in [0.3, 0.4) is 0 Å². The number of likely N-dealkylation sites (tertiary alicyclic amines) is 1. The van der Waals surface area contributed by atoms with Crippen LogP contribution in [0.4, 0.5) is 22.4 Å². The molecule has 0 bridgehead atoms. The molecule has 0 spiro atoms. The van der Waals surface area contributed by atoms with Crippen molar-refractivity contribution in [1.82, 2.24) is 10.2 Å². The maximum atomic E-state index is 14.3. The molecule has 3 atom stereocenters. The number of sulfone groups is 1. The third kappa shape index (κ3) is 6.19. The summed E-state index contributed by atoms with van der Waals surface area (Å²) in [6, 6.07) is 0.548. The van der Waals surface area contributed by atoms with Gasteiger partial charge in [-0.3, -0.25) is 0 Å². The second-order valence-corrected chi connectivity index (χ2v) is 9.35. The van der Waals surface area contributed by atoms with Crippen LogP contribution in [-0.4, -0.2) is 44.1 Å². The molecule has 162 valence electrons. The van der Waals surface area contributed by atoms with Crippen molar-refractivity contribution in [3.63, 3.8) is 0 Å². The van der Waals surface area contributed by atoms with E-state index in [0.29, 0.717) is 0 Å². The molecule has 1 aliphatic heterocycles. The van der Waals surface area contributed by atoms with Crippen molar-refractivity contribution < 1.29 is 30.8 Å². The zero-order valence-corrected chi connectivity index (χ0v) is 17.1. The van der Waals surface area contributed by atoms with E-state index in [-0.39, 0.29) is 19.4 Å². The van der Waals surface area contributed by atoms with Gasteiger partial charge < -0.3 is 10.2 Å². The molecule has 1 aromatic carbocycles. The fourth-order valence-electron chi connectivity index (χ4n) is 3.36. The van der Waals surface area contributed by atoms with Gasteiger partial charge in [0.05, 0.1) is 6.04 Å². The lowest BCUT2D eigenvalue weighted by Gasteiger charge is -2.41. The summed E-state index contributed by atoms with van der Waals surface area (Å²) >= 11 is 0. The minimum Gasteiger partial charge on any atom is -0.332 e. The molecule has 5 nitrogen and oxygen atoms in total. The second-order valence-electron chi connectivity index (χ2n) is 7.42. The maximum absolute atomic E-state index is 14.3. The summed E-state index contributed by atoms with van der Waals surface area (Å²) in [4.78, 5) is 13.8. The summed E-state index contributed by atoms with van der Waals surface area (Å²) in [5.41, 5.74) is -0.434. The number of amides is 2. The Bertz CT molecular complexity index is 864. The third-order valence-corrected chi connectivity index (χ3v) is 5.53. The van der Waals surface area contributed by atoms with Crippen molar-refractivity contribution in [3.05, 3.63) is 46.9 Å². The van der Waals surface area contributed by atoms with Crippen LogP contribution in [0.5, 0.6) is 0 Å². The summed E-state index contributed by atoms with van der Waals surface area (Å²) in [7, 11) is -3.40. The van der Waals surface area contributed by atoms with Crippen LogP contribution in [-0.2, 0) is 9.84 Å². The van der Waals surface area contributed by atoms with E-state index in [1.165, 1.54) is 13.0 Å². The predicted molar refractivity (Wildman–Crippen MR) is 101 cm³/mol. The lowest BCUT2D eigenvalue weighted by molar-refractivity contribution is -0.0692. The first-order valence-electron chi connectivity index (χ1n) is 9.06. The summed E-state index contributed by atoms with van der Waals surface area (Å²) in [6.07, 6.45) is 1.91. The first-order chi connectivity index (χ1) is 13.3. The quantitative estimate of drug-likeness (QED) is 0.709. The first-order valence-corrected chi connectivity index (χ1v) is 11.0. The number of alkyl halides is 2. The number of piperidine rings is 1. The van der Waals surface area contributed by atoms with Crippen molar-refractivity contribution in [2.24, 2.45) is 5.92 Å². The van der Waals surface area contributed by atoms with Gasteiger partial charge in [-0.2, -0.15) is 0 Å². The molecule has 1 aliphatic rings. The Morgan fingerprint density at radius 2 is 1.90 bits per heavy atom. The molecule has 2 rings (SSSR count). The van der Waals surface area contributed by atoms with Gasteiger partial charge in [0.2, 0.25) is 5.92 Å². The molecular formula is C19H24F4N2O3S. The number of hydrogen-bond donors (Lipinski definition) is 1. The number of halogens is 4. The van der Waals surface area contributed by atoms with Gasteiger partial charge in [-0.05, 0) is 38.8 Å². The van der Waals surface area contributed by atoms with Gasteiger partial charge in [0.25, 0.3) is 0 Å². The number of nitrogens with zero attached hydrogens (tertiary/aromatic N) is 1. The molecule has 0 aliphatic carbocycles. The van der Waals surface area contributed by atoms with Crippen LogP contribution in [0.1, 0.15) is 38.3 Å². The van der Waals surface area contributed by atoms with Crippen molar-refractivity contribution >= 4 is 15.9 Å². The number of carbonyl (C=O) groups excluding carboxylic acids is 1. The summed E-state index contributed by atoms with van der Waals surface area (Å²) in [5, 5.41) is 3.44. The Morgan fingerprint density at radius 1 is 1.31 bits per heavy atom. The van der Waals surface area contributed by atoms with Crippen LogP contribution in [0.2, 0.25) is 0 Å². The van der Waals surface area contributed by atoms with E-state index in [0.717, 1.165) is 41.7 Å². The van der Waals surface area contributed by atoms with Crippen LogP contribution in [0.25, 0.3) is 0 Å². The molecule has 0 saturated carbocycles. The number of nitrogens with one attached hydrogen (secondary N) is 1. The molecule has 0 aromatic heterocycles. The highest BCUT2D eigenvalue weighted by molar-refractivity contribution is 7.93. The third-order valence-electron chi connectivity index (χ3n) is 4.88. The molecule has 1 saturated heterocycles. The highest BCUT2D eigenvalue weighted by Gasteiger charge is 2.43. The highest BCUT2D eigenvalue weighted by Crippen LogP contribution is 2.42. The van der Waals surface area contributed by atoms with Gasteiger partial charge in [-0.25, -0.2) is 30.8 Å². The summed E-state index contributed by atoms with van der Waals surface area (Å²) < 4.78 is 78.8. The fourth-order valence-corrected chi connectivity index (χ4v) is 3.88. The lowest BCUT2D eigenvalue weighted by Crippen LogP contribution is -2.50. The van der Waals surface area contributed by atoms with Crippen LogP contribution >= 0.6 is 0 Å². The molecule has 1 heterocycles. The molecule has 1 N–H and O–H groups in total. The van der Waals surface area contributed by atoms with Gasteiger partial charge in [-0.1, -0.05) is 12.1 Å². The van der Waals surface area contributed by atoms with Crippen LogP contribution in [0, 0.1) is 17.6 Å². The summed E-state index contributed by atoms with van der Waals surface area (Å²) in [5.74, 6) is -6.04. The standard InChI is InChI=1S/C19H24F4N2O3S/c1-12(8-10-29(3,27)28)24-18(26)25-9-7-13(19(2,22)23)11-16(25)17-14(20)5-4-6-15(17)21/h4-6,8,10,12-13,16H,7,9,11H2,1-3H3,(H,24,26)/b10-8+/t12?,13-,16+/m0/s1. The second kappa shape index (κ2) is 8.73. The van der Waals surface area contributed by atoms with Crippen molar-refractivity contribution in [1.29, 1.82) is 0 Å². The van der Waals surface area contributed by atoms with E-state index in [4.69, 9.17) is 0 Å². The Morgan fingerprint density at radius 3 is 2.41 bits per heavy atom. The normalized spacial score (nSPS) is 22.0. The SMILES string of the molecule is CC(/C=C/S(C)(=O)=O)NC(=O)N1CC[C@H](C(C)(F)F)C[C@@H]1c1c(F)cccc1F. The zero-order valence-electron chi connectivity index (χ0n) is 16.3. The molecule has 10 heteroatoms. The molecule has 29 heavy (non-hydrogen) atoms. The van der Waals surface area contributed by atoms with Gasteiger partial charge >= 0.3 is 6.03 Å². The highest BCUT2D eigenvalue weighted by atomic mass is 32.2. The molecule has 0 radical (unpaired) electrons. The molecule has 1 fully saturated rings. The monoisotopic (exact) mass is 436 g/mol. The van der Waals surface area contributed by atoms with Gasteiger partial charge in [0, 0.05) is 35.7 Å². The number of urea groups is 1. The van der Waals surface area contributed by atoms with E-state index in [1.54, 1.807) is 0 Å². The first kappa shape index (κ1) is 23.2. The number of rotatable bonds is 5. The van der Waals surface area contributed by atoms with E-state index < -0.39 is 57.0 Å². The Hall–Kier alpha value is -2.10. The van der Waals surface area contributed by atoms with Gasteiger partial charge in [0.15, 0.2) is 9.84 Å². The van der Waals surface area contributed by atoms with E-state index in [2.05, 4.69) is 5.32 Å². The van der Waals surface area contributed by atoms with Crippen molar-refractivity contribution in [2.75, 3.05) is 12.8 Å². The molecule has 1 aromatic rings. The molecular weight excluding hydrogens is 412 g/mol. The lowest BCUT2D eigenvalue weighted by atomic mass is 9.83. The average molecular weight is 436 g/mol. The number of benzene rings is 1. The largest absolute Gasteiger partial charge is 0.332 e. The zero-order chi connectivity index (χ0) is 22.0. The van der Waals surface area contributed by atoms with Crippen LogP contribution in [0.15, 0.2) is 29.7 Å². The Kier molecular flexibility index (Phi) is 6.97.